The van der Waals surface area contributed by atoms with Gasteiger partial charge in [0.05, 0.1) is 11.6 Å². The zero-order chi connectivity index (χ0) is 19.9. The van der Waals surface area contributed by atoms with E-state index in [0.29, 0.717) is 17.8 Å². The summed E-state index contributed by atoms with van der Waals surface area (Å²) in [5, 5.41) is 11.6. The molecule has 1 heterocycles. The van der Waals surface area contributed by atoms with E-state index in [-0.39, 0.29) is 17.3 Å². The van der Waals surface area contributed by atoms with E-state index in [1.807, 2.05) is 36.4 Å². The molecule has 1 N–H and O–H groups in total. The van der Waals surface area contributed by atoms with Crippen LogP contribution in [0.1, 0.15) is 32.1 Å². The van der Waals surface area contributed by atoms with Crippen molar-refractivity contribution < 1.29 is 9.59 Å². The van der Waals surface area contributed by atoms with Gasteiger partial charge in [0, 0.05) is 19.3 Å². The first-order chi connectivity index (χ1) is 13.6. The maximum Gasteiger partial charge on any atom is 0.274 e. The van der Waals surface area contributed by atoms with Gasteiger partial charge in [-0.25, -0.2) is 4.98 Å². The molecule has 0 unspecified atom stereocenters. The van der Waals surface area contributed by atoms with Crippen molar-refractivity contribution >= 4 is 17.5 Å². The number of hydrogen-bond donors (Lipinski definition) is 1. The van der Waals surface area contributed by atoms with Crippen LogP contribution in [0.3, 0.4) is 0 Å². The molecule has 6 nitrogen and oxygen atoms in total. The molecular weight excluding hydrogens is 352 g/mol. The summed E-state index contributed by atoms with van der Waals surface area (Å²) in [4.78, 5) is 30.9. The standard InChI is InChI=1S/C22H18N4O2/c1-26(15-16-7-3-2-4-8-16)22(28)20-12-6-11-19(25-20)21(27)24-18-10-5-9-17(13-18)14-23/h2-13H,15H2,1H3,(H,24,27). The van der Waals surface area contributed by atoms with Crippen LogP contribution in [0.2, 0.25) is 0 Å². The van der Waals surface area contributed by atoms with E-state index >= 15 is 0 Å². The third-order valence-electron chi connectivity index (χ3n) is 4.06. The molecule has 3 rings (SSSR count). The molecule has 6 heteroatoms. The first kappa shape index (κ1) is 18.8. The van der Waals surface area contributed by atoms with Crippen LogP contribution in [0.5, 0.6) is 0 Å². The van der Waals surface area contributed by atoms with Crippen molar-refractivity contribution in [2.75, 3.05) is 12.4 Å². The molecule has 0 fully saturated rings. The van der Waals surface area contributed by atoms with Gasteiger partial charge < -0.3 is 10.2 Å². The van der Waals surface area contributed by atoms with Crippen molar-refractivity contribution in [3.63, 3.8) is 0 Å². The number of carbonyl (C=O) groups is 2. The number of hydrogen-bond acceptors (Lipinski definition) is 4. The maximum atomic E-state index is 12.7. The second kappa shape index (κ2) is 8.60. The van der Waals surface area contributed by atoms with Crippen molar-refractivity contribution in [1.82, 2.24) is 9.88 Å². The Balaban J connectivity index is 1.73. The van der Waals surface area contributed by atoms with E-state index in [4.69, 9.17) is 5.26 Å². The van der Waals surface area contributed by atoms with E-state index in [1.54, 1.807) is 48.3 Å². The van der Waals surface area contributed by atoms with E-state index < -0.39 is 5.91 Å². The molecule has 138 valence electrons. The SMILES string of the molecule is CN(Cc1ccccc1)C(=O)c1cccc(C(=O)Nc2cccc(C#N)c2)n1. The Bertz CT molecular complexity index is 1040. The molecule has 2 aromatic carbocycles. The summed E-state index contributed by atoms with van der Waals surface area (Å²) in [7, 11) is 1.69. The third kappa shape index (κ3) is 4.59. The van der Waals surface area contributed by atoms with Crippen molar-refractivity contribution in [2.24, 2.45) is 0 Å². The van der Waals surface area contributed by atoms with Crippen molar-refractivity contribution in [1.29, 1.82) is 5.26 Å². The summed E-state index contributed by atoms with van der Waals surface area (Å²) >= 11 is 0. The van der Waals surface area contributed by atoms with Gasteiger partial charge >= 0.3 is 0 Å². The van der Waals surface area contributed by atoms with Crippen molar-refractivity contribution in [3.8, 4) is 6.07 Å². The van der Waals surface area contributed by atoms with Gasteiger partial charge in [-0.1, -0.05) is 42.5 Å². The molecule has 0 atom stereocenters. The quantitative estimate of drug-likeness (QED) is 0.745. The van der Waals surface area contributed by atoms with Crippen LogP contribution in [0, 0.1) is 11.3 Å². The Morgan fingerprint density at radius 1 is 1.00 bits per heavy atom. The molecule has 3 aromatic rings. The van der Waals surface area contributed by atoms with Crippen molar-refractivity contribution in [2.45, 2.75) is 6.54 Å². The van der Waals surface area contributed by atoms with Crippen LogP contribution in [0.4, 0.5) is 5.69 Å². The lowest BCUT2D eigenvalue weighted by atomic mass is 10.2. The van der Waals surface area contributed by atoms with E-state index in [2.05, 4.69) is 10.3 Å². The fourth-order valence-electron chi connectivity index (χ4n) is 2.67. The maximum absolute atomic E-state index is 12.7. The molecule has 0 aliphatic carbocycles. The van der Waals surface area contributed by atoms with Gasteiger partial charge in [-0.3, -0.25) is 9.59 Å². The Morgan fingerprint density at radius 2 is 1.71 bits per heavy atom. The number of carbonyl (C=O) groups excluding carboxylic acids is 2. The largest absolute Gasteiger partial charge is 0.336 e. The molecule has 0 saturated heterocycles. The molecule has 0 spiro atoms. The summed E-state index contributed by atoms with van der Waals surface area (Å²) in [6.45, 7) is 0.443. The second-order valence-corrected chi connectivity index (χ2v) is 6.20. The molecule has 0 aliphatic rings. The normalized spacial score (nSPS) is 10.0. The summed E-state index contributed by atoms with van der Waals surface area (Å²) in [6, 6.07) is 23.0. The smallest absolute Gasteiger partial charge is 0.274 e. The molecule has 2 amide bonds. The average Bonchev–Trinajstić information content (AvgIpc) is 2.74. The molecule has 1 aromatic heterocycles. The predicted octanol–water partition coefficient (Wildman–Crippen LogP) is 3.48. The number of rotatable bonds is 5. The van der Waals surface area contributed by atoms with Crippen LogP contribution < -0.4 is 5.32 Å². The van der Waals surface area contributed by atoms with Gasteiger partial charge in [-0.2, -0.15) is 5.26 Å². The highest BCUT2D eigenvalue weighted by molar-refractivity contribution is 6.03. The molecule has 28 heavy (non-hydrogen) atoms. The van der Waals surface area contributed by atoms with Gasteiger partial charge in [0.2, 0.25) is 0 Å². The fraction of sp³-hybridized carbons (Fsp3) is 0.0909. The summed E-state index contributed by atoms with van der Waals surface area (Å²) in [5.41, 5.74) is 2.25. The Labute approximate surface area is 163 Å². The lowest BCUT2D eigenvalue weighted by molar-refractivity contribution is 0.0779. The highest BCUT2D eigenvalue weighted by Gasteiger charge is 2.16. The Hall–Kier alpha value is -3.98. The molecule has 0 saturated carbocycles. The number of anilines is 1. The van der Waals surface area contributed by atoms with Gasteiger partial charge in [0.25, 0.3) is 11.8 Å². The minimum absolute atomic E-state index is 0.126. The highest BCUT2D eigenvalue weighted by atomic mass is 16.2. The average molecular weight is 370 g/mol. The summed E-state index contributed by atoms with van der Waals surface area (Å²) in [6.07, 6.45) is 0. The number of nitrogens with one attached hydrogen (secondary N) is 1. The summed E-state index contributed by atoms with van der Waals surface area (Å²) in [5.74, 6) is -0.722. The lowest BCUT2D eigenvalue weighted by Gasteiger charge is -2.17. The predicted molar refractivity (Wildman–Crippen MR) is 106 cm³/mol. The first-order valence-corrected chi connectivity index (χ1v) is 8.65. The van der Waals surface area contributed by atoms with Gasteiger partial charge in [-0.05, 0) is 35.9 Å². The minimum Gasteiger partial charge on any atom is -0.336 e. The van der Waals surface area contributed by atoms with Crippen LogP contribution >= 0.6 is 0 Å². The number of benzene rings is 2. The van der Waals surface area contributed by atoms with Gasteiger partial charge in [0.15, 0.2) is 0 Å². The number of aromatic nitrogens is 1. The number of pyridine rings is 1. The Morgan fingerprint density at radius 3 is 2.46 bits per heavy atom. The zero-order valence-electron chi connectivity index (χ0n) is 15.3. The highest BCUT2D eigenvalue weighted by Crippen LogP contribution is 2.12. The van der Waals surface area contributed by atoms with Crippen LogP contribution in [-0.2, 0) is 6.54 Å². The topological polar surface area (TPSA) is 86.1 Å². The summed E-state index contributed by atoms with van der Waals surface area (Å²) < 4.78 is 0. The van der Waals surface area contributed by atoms with Gasteiger partial charge in [-0.15, -0.1) is 0 Å². The molecule has 0 aliphatic heterocycles. The number of nitriles is 1. The molecule has 0 radical (unpaired) electrons. The molecule has 0 bridgehead atoms. The van der Waals surface area contributed by atoms with E-state index in [0.717, 1.165) is 5.56 Å². The Kier molecular flexibility index (Phi) is 5.78. The fourth-order valence-corrected chi connectivity index (χ4v) is 2.67. The first-order valence-electron chi connectivity index (χ1n) is 8.65. The van der Waals surface area contributed by atoms with E-state index in [1.165, 1.54) is 6.07 Å². The number of nitrogens with zero attached hydrogens (tertiary/aromatic N) is 3. The van der Waals surface area contributed by atoms with Gasteiger partial charge in [0.1, 0.15) is 11.4 Å². The second-order valence-electron chi connectivity index (χ2n) is 6.20. The van der Waals surface area contributed by atoms with Crippen molar-refractivity contribution in [3.05, 3.63) is 95.3 Å². The van der Waals surface area contributed by atoms with Crippen LogP contribution in [-0.4, -0.2) is 28.7 Å². The number of amides is 2. The van der Waals surface area contributed by atoms with Crippen LogP contribution in [0.15, 0.2) is 72.8 Å². The van der Waals surface area contributed by atoms with Crippen LogP contribution in [0.25, 0.3) is 0 Å². The lowest BCUT2D eigenvalue weighted by Crippen LogP contribution is -2.27. The minimum atomic E-state index is -0.449. The molecular formula is C22H18N4O2. The monoisotopic (exact) mass is 370 g/mol. The zero-order valence-corrected chi connectivity index (χ0v) is 15.3. The van der Waals surface area contributed by atoms with E-state index in [9.17, 15) is 9.59 Å². The third-order valence-corrected chi connectivity index (χ3v) is 4.06.